The first kappa shape index (κ1) is 17.9. The number of hydrazine groups is 1. The van der Waals surface area contributed by atoms with Gasteiger partial charge in [0.15, 0.2) is 0 Å². The average molecular weight is 338 g/mol. The summed E-state index contributed by atoms with van der Waals surface area (Å²) in [6, 6.07) is 15.3. The van der Waals surface area contributed by atoms with E-state index >= 15 is 0 Å². The molecule has 5 N–H and O–H groups in total. The number of amides is 3. The molecule has 0 fully saturated rings. The highest BCUT2D eigenvalue weighted by atomic mass is 16.2. The molecule has 0 aliphatic heterocycles. The van der Waals surface area contributed by atoms with Crippen molar-refractivity contribution >= 4 is 29.5 Å². The summed E-state index contributed by atoms with van der Waals surface area (Å²) >= 11 is 0. The Labute approximate surface area is 144 Å². The number of carbonyl (C=O) groups excluding carboxylic acids is 3. The Balaban J connectivity index is 2.18. The third-order valence-electron chi connectivity index (χ3n) is 3.20. The number of nitrogens with two attached hydrogens (primary N) is 1. The van der Waals surface area contributed by atoms with Gasteiger partial charge in [0.2, 0.25) is 5.91 Å². The molecule has 2 rings (SSSR count). The first-order valence-corrected chi connectivity index (χ1v) is 7.46. The van der Waals surface area contributed by atoms with Crippen LogP contribution in [0.3, 0.4) is 0 Å². The van der Waals surface area contributed by atoms with E-state index in [0.29, 0.717) is 11.3 Å². The Morgan fingerprint density at radius 3 is 2.16 bits per heavy atom. The van der Waals surface area contributed by atoms with Crippen LogP contribution in [-0.4, -0.2) is 17.7 Å². The van der Waals surface area contributed by atoms with E-state index in [1.165, 1.54) is 13.0 Å². The Kier molecular flexibility index (Phi) is 6.02. The predicted octanol–water partition coefficient (Wildman–Crippen LogP) is 1.41. The van der Waals surface area contributed by atoms with E-state index in [9.17, 15) is 14.4 Å². The lowest BCUT2D eigenvalue weighted by Crippen LogP contribution is -2.38. The van der Waals surface area contributed by atoms with Crippen LogP contribution in [0.4, 0.5) is 5.69 Å². The van der Waals surface area contributed by atoms with Gasteiger partial charge in [-0.15, -0.1) is 0 Å². The van der Waals surface area contributed by atoms with E-state index in [0.717, 1.165) is 5.56 Å². The van der Waals surface area contributed by atoms with E-state index in [2.05, 4.69) is 10.6 Å². The monoisotopic (exact) mass is 338 g/mol. The zero-order chi connectivity index (χ0) is 18.2. The molecule has 7 heteroatoms. The third-order valence-corrected chi connectivity index (χ3v) is 3.20. The number of nitrogens with one attached hydrogen (secondary N) is 3. The summed E-state index contributed by atoms with van der Waals surface area (Å²) < 4.78 is 0. The highest BCUT2D eigenvalue weighted by molar-refractivity contribution is 6.05. The number of hydrogen-bond donors (Lipinski definition) is 4. The highest BCUT2D eigenvalue weighted by Gasteiger charge is 2.13. The van der Waals surface area contributed by atoms with Crippen molar-refractivity contribution in [3.05, 3.63) is 71.4 Å². The maximum atomic E-state index is 12.3. The number of hydrogen-bond acceptors (Lipinski definition) is 4. The van der Waals surface area contributed by atoms with E-state index in [1.54, 1.807) is 36.4 Å². The third kappa shape index (κ3) is 5.29. The van der Waals surface area contributed by atoms with E-state index in [-0.39, 0.29) is 11.6 Å². The van der Waals surface area contributed by atoms with Gasteiger partial charge in [0.25, 0.3) is 11.8 Å². The van der Waals surface area contributed by atoms with Gasteiger partial charge in [0, 0.05) is 18.2 Å². The molecule has 0 bridgehead atoms. The van der Waals surface area contributed by atoms with Gasteiger partial charge in [0.05, 0.1) is 0 Å². The first-order valence-electron chi connectivity index (χ1n) is 7.46. The molecular weight excluding hydrogens is 320 g/mol. The second-order valence-corrected chi connectivity index (χ2v) is 5.15. The van der Waals surface area contributed by atoms with E-state index in [1.807, 2.05) is 23.6 Å². The van der Waals surface area contributed by atoms with Gasteiger partial charge in [-0.25, -0.2) is 5.84 Å². The van der Waals surface area contributed by atoms with E-state index < -0.39 is 11.8 Å². The summed E-state index contributed by atoms with van der Waals surface area (Å²) in [5, 5.41) is 5.14. The van der Waals surface area contributed by atoms with Crippen LogP contribution in [0.5, 0.6) is 0 Å². The Hall–Kier alpha value is -3.45. The molecule has 0 atom stereocenters. The lowest BCUT2D eigenvalue weighted by Gasteiger charge is -2.09. The van der Waals surface area contributed by atoms with Crippen LogP contribution in [0.2, 0.25) is 0 Å². The van der Waals surface area contributed by atoms with Crippen LogP contribution in [0.1, 0.15) is 22.8 Å². The van der Waals surface area contributed by atoms with Gasteiger partial charge >= 0.3 is 0 Å². The van der Waals surface area contributed by atoms with Crippen LogP contribution in [0.25, 0.3) is 6.08 Å². The van der Waals surface area contributed by atoms with Gasteiger partial charge in [0.1, 0.15) is 5.70 Å². The van der Waals surface area contributed by atoms with Gasteiger partial charge in [-0.1, -0.05) is 30.3 Å². The molecular formula is C18H18N4O3. The lowest BCUT2D eigenvalue weighted by atomic mass is 10.1. The second-order valence-electron chi connectivity index (χ2n) is 5.15. The molecule has 0 aromatic heterocycles. The minimum atomic E-state index is -0.618. The lowest BCUT2D eigenvalue weighted by molar-refractivity contribution is -0.117. The summed E-state index contributed by atoms with van der Waals surface area (Å²) in [7, 11) is 0. The topological polar surface area (TPSA) is 113 Å². The summed E-state index contributed by atoms with van der Waals surface area (Å²) in [5.74, 6) is 3.88. The van der Waals surface area contributed by atoms with Gasteiger partial charge in [-0.3, -0.25) is 19.8 Å². The maximum Gasteiger partial charge on any atom is 0.281 e. The van der Waals surface area contributed by atoms with Crippen LogP contribution in [0, 0.1) is 0 Å². The second kappa shape index (κ2) is 8.42. The fourth-order valence-electron chi connectivity index (χ4n) is 2.05. The van der Waals surface area contributed by atoms with Crippen molar-refractivity contribution in [3.8, 4) is 0 Å². The first-order chi connectivity index (χ1) is 12.0. The molecule has 128 valence electrons. The maximum absolute atomic E-state index is 12.3. The quantitative estimate of drug-likeness (QED) is 0.286. The normalized spacial score (nSPS) is 10.7. The van der Waals surface area contributed by atoms with Crippen LogP contribution in [0.15, 0.2) is 60.3 Å². The van der Waals surface area contributed by atoms with Crippen molar-refractivity contribution in [2.24, 2.45) is 5.84 Å². The number of rotatable bonds is 5. The number of anilines is 1. The fraction of sp³-hybridized carbons (Fsp3) is 0.0556. The summed E-state index contributed by atoms with van der Waals surface area (Å²) in [4.78, 5) is 35.2. The molecule has 0 unspecified atom stereocenters. The molecule has 0 heterocycles. The number of benzene rings is 2. The van der Waals surface area contributed by atoms with Crippen molar-refractivity contribution < 1.29 is 14.4 Å². The van der Waals surface area contributed by atoms with Crippen molar-refractivity contribution in [2.75, 3.05) is 5.32 Å². The standard InChI is InChI=1S/C18H18N4O3/c1-12(23)20-15-9-7-14(8-10-15)17(24)21-16(18(25)22-19)11-13-5-3-2-4-6-13/h2-11H,19H2,1H3,(H,20,23)(H,21,24)(H,22,25)/b16-11+. The molecule has 0 radical (unpaired) electrons. The minimum absolute atomic E-state index is 0.0182. The molecule has 2 aromatic rings. The molecule has 0 saturated carbocycles. The summed E-state index contributed by atoms with van der Waals surface area (Å²) in [5.41, 5.74) is 3.66. The summed E-state index contributed by atoms with van der Waals surface area (Å²) in [6.45, 7) is 1.40. The average Bonchev–Trinajstić information content (AvgIpc) is 2.61. The molecule has 3 amide bonds. The molecule has 7 nitrogen and oxygen atoms in total. The zero-order valence-electron chi connectivity index (χ0n) is 13.6. The number of carbonyl (C=O) groups is 3. The SMILES string of the molecule is CC(=O)Nc1ccc(C(=O)N/C(=C/c2ccccc2)C(=O)NN)cc1. The Morgan fingerprint density at radius 1 is 0.960 bits per heavy atom. The minimum Gasteiger partial charge on any atom is -0.326 e. The van der Waals surface area contributed by atoms with Gasteiger partial charge < -0.3 is 10.6 Å². The van der Waals surface area contributed by atoms with Crippen LogP contribution in [-0.2, 0) is 9.59 Å². The molecule has 0 spiro atoms. The van der Waals surface area contributed by atoms with E-state index in [4.69, 9.17) is 5.84 Å². The summed E-state index contributed by atoms with van der Waals surface area (Å²) in [6.07, 6.45) is 1.52. The molecule has 25 heavy (non-hydrogen) atoms. The molecule has 2 aromatic carbocycles. The van der Waals surface area contributed by atoms with Crippen LogP contribution < -0.4 is 21.9 Å². The smallest absolute Gasteiger partial charge is 0.281 e. The van der Waals surface area contributed by atoms with Crippen molar-refractivity contribution in [1.82, 2.24) is 10.7 Å². The predicted molar refractivity (Wildman–Crippen MR) is 95.0 cm³/mol. The largest absolute Gasteiger partial charge is 0.326 e. The molecule has 0 aliphatic carbocycles. The Bertz CT molecular complexity index is 799. The van der Waals surface area contributed by atoms with Crippen molar-refractivity contribution in [2.45, 2.75) is 6.92 Å². The Morgan fingerprint density at radius 2 is 1.60 bits per heavy atom. The zero-order valence-corrected chi connectivity index (χ0v) is 13.6. The van der Waals surface area contributed by atoms with Gasteiger partial charge in [-0.2, -0.15) is 0 Å². The van der Waals surface area contributed by atoms with Crippen molar-refractivity contribution in [1.29, 1.82) is 0 Å². The van der Waals surface area contributed by atoms with Gasteiger partial charge in [-0.05, 0) is 35.9 Å². The molecule has 0 aliphatic rings. The fourth-order valence-corrected chi connectivity index (χ4v) is 2.05. The highest BCUT2D eigenvalue weighted by Crippen LogP contribution is 2.11. The van der Waals surface area contributed by atoms with Crippen LogP contribution >= 0.6 is 0 Å². The van der Waals surface area contributed by atoms with Crippen molar-refractivity contribution in [3.63, 3.8) is 0 Å². The molecule has 0 saturated heterocycles.